The van der Waals surface area contributed by atoms with Crippen LogP contribution in [0.4, 0.5) is 13.2 Å². The van der Waals surface area contributed by atoms with Gasteiger partial charge in [0, 0.05) is 113 Å². The highest BCUT2D eigenvalue weighted by Gasteiger charge is 2.37. The predicted molar refractivity (Wildman–Crippen MR) is 288 cm³/mol. The molecule has 1 atom stereocenters. The molecule has 5 aromatic rings. The largest absolute Gasteiger partial charge is 0.340 e. The molecule has 78 heavy (non-hydrogen) atoms. The Morgan fingerprint density at radius 2 is 1.38 bits per heavy atom. The van der Waals surface area contributed by atoms with Crippen LogP contribution in [-0.2, 0) is 27.3 Å². The molecule has 4 saturated heterocycles. The van der Waals surface area contributed by atoms with Gasteiger partial charge < -0.3 is 30.2 Å². The smallest absolute Gasteiger partial charge is 0.272 e. The SMILES string of the molecule is O=C(N[C@@H](C(=O)N1CCN(CC2CCN(CC(=O)N3CCN(C(=O)c4cc(Cc5n[nH]c(=O)c6ccccc56)ccc4F)CC3)CC2)CC1)C1CCCCC1)c1cccc(C2CN(C(=O)CNCc3ccc(F)cc3F)C2)c1. The van der Waals surface area contributed by atoms with Crippen LogP contribution in [0.2, 0.25) is 0 Å². The van der Waals surface area contributed by atoms with E-state index in [0.29, 0.717) is 98.8 Å². The first kappa shape index (κ1) is 54.4. The Balaban J connectivity index is 0.640. The summed E-state index contributed by atoms with van der Waals surface area (Å²) in [4.78, 5) is 92.3. The summed E-state index contributed by atoms with van der Waals surface area (Å²) < 4.78 is 42.4. The molecule has 412 valence electrons. The lowest BCUT2D eigenvalue weighted by Crippen LogP contribution is -2.57. The Kier molecular flexibility index (Phi) is 17.3. The van der Waals surface area contributed by atoms with Gasteiger partial charge in [-0.05, 0) is 98.1 Å². The second-order valence-corrected chi connectivity index (χ2v) is 21.9. The van der Waals surface area contributed by atoms with Gasteiger partial charge in [-0.2, -0.15) is 5.10 Å². The second-order valence-electron chi connectivity index (χ2n) is 21.9. The monoisotopic (exact) mass is 1070 g/mol. The second kappa shape index (κ2) is 24.8. The molecule has 0 spiro atoms. The number of amides is 5. The number of piperazine rings is 2. The fourth-order valence-corrected chi connectivity index (χ4v) is 12.0. The van der Waals surface area contributed by atoms with Crippen LogP contribution >= 0.6 is 0 Å². The number of halogens is 3. The Morgan fingerprint density at radius 1 is 0.667 bits per heavy atom. The normalized spacial score (nSPS) is 18.7. The summed E-state index contributed by atoms with van der Waals surface area (Å²) in [6.07, 6.45) is 7.16. The molecular formula is C59H69F3N10O6. The van der Waals surface area contributed by atoms with E-state index >= 15 is 4.39 Å². The average molecular weight is 1070 g/mol. The van der Waals surface area contributed by atoms with Gasteiger partial charge in [-0.3, -0.25) is 38.6 Å². The topological polar surface area (TPSA) is 175 Å². The summed E-state index contributed by atoms with van der Waals surface area (Å²) >= 11 is 0. The summed E-state index contributed by atoms with van der Waals surface area (Å²) in [7, 11) is 0. The van der Waals surface area contributed by atoms with Gasteiger partial charge in [0.25, 0.3) is 17.4 Å². The van der Waals surface area contributed by atoms with Crippen molar-refractivity contribution in [3.05, 3.63) is 146 Å². The Morgan fingerprint density at radius 3 is 2.13 bits per heavy atom. The van der Waals surface area contributed by atoms with Gasteiger partial charge in [0.05, 0.1) is 29.7 Å². The van der Waals surface area contributed by atoms with Gasteiger partial charge >= 0.3 is 0 Å². The highest BCUT2D eigenvalue weighted by atomic mass is 19.1. The van der Waals surface area contributed by atoms with Gasteiger partial charge in [-0.15, -0.1) is 0 Å². The molecule has 1 saturated carbocycles. The van der Waals surface area contributed by atoms with E-state index in [9.17, 15) is 37.5 Å². The number of nitrogens with zero attached hydrogens (tertiary/aromatic N) is 7. The van der Waals surface area contributed by atoms with E-state index in [1.54, 1.807) is 45.0 Å². The highest BCUT2D eigenvalue weighted by molar-refractivity contribution is 5.98. The lowest BCUT2D eigenvalue weighted by atomic mass is 9.83. The van der Waals surface area contributed by atoms with E-state index in [1.807, 2.05) is 35.2 Å². The summed E-state index contributed by atoms with van der Waals surface area (Å²) in [5.74, 6) is -2.18. The summed E-state index contributed by atoms with van der Waals surface area (Å²) in [5.41, 5.74) is 2.68. The summed E-state index contributed by atoms with van der Waals surface area (Å²) in [6, 6.07) is 21.8. The third-order valence-electron chi connectivity index (χ3n) is 16.7. The quantitative estimate of drug-likeness (QED) is 0.120. The highest BCUT2D eigenvalue weighted by Crippen LogP contribution is 2.31. The number of piperidine rings is 1. The van der Waals surface area contributed by atoms with Crippen LogP contribution in [0.3, 0.4) is 0 Å². The number of hydrogen-bond acceptors (Lipinski definition) is 10. The lowest BCUT2D eigenvalue weighted by Gasteiger charge is -2.41. The van der Waals surface area contributed by atoms with Crippen LogP contribution in [0.15, 0.2) is 89.7 Å². The van der Waals surface area contributed by atoms with E-state index in [1.165, 1.54) is 18.2 Å². The van der Waals surface area contributed by atoms with Gasteiger partial charge in [0.2, 0.25) is 17.7 Å². The zero-order valence-corrected chi connectivity index (χ0v) is 44.1. The fraction of sp³-hybridized carbons (Fsp3) is 0.475. The third kappa shape index (κ3) is 13.0. The first-order chi connectivity index (χ1) is 37.8. The standard InChI is InChI=1S/C59H69F3N10O6/c60-46-15-14-44(51(62)32-46)33-63-34-53(73)72-36-45(37-72)42-9-6-10-43(31-42)56(75)64-55(41-7-2-1-3-8-41)59(78)71-23-21-68(22-24-71)35-39-17-19-67(20-18-39)38-54(74)69-25-27-70(28-26-69)58(77)49-29-40(13-16-50(49)61)30-52-47-11-4-5-12-48(47)57(76)66-65-52/h4-6,9-16,29,31-32,39,41,45,55,63H,1-3,7-8,17-28,30,33-38H2,(H,64,75)(H,66,76)/t55-/m1/s1. The molecule has 0 unspecified atom stereocenters. The first-order valence-corrected chi connectivity index (χ1v) is 27.7. The average Bonchev–Trinajstić information content (AvgIpc) is 3.47. The van der Waals surface area contributed by atoms with Crippen LogP contribution in [-0.4, -0.2) is 173 Å². The van der Waals surface area contributed by atoms with E-state index in [-0.39, 0.29) is 65.2 Å². The van der Waals surface area contributed by atoms with Crippen molar-refractivity contribution < 1.29 is 37.1 Å². The fourth-order valence-electron chi connectivity index (χ4n) is 12.0. The molecule has 4 aromatic carbocycles. The molecule has 1 aliphatic carbocycles. The minimum atomic E-state index is -0.662. The molecule has 3 N–H and O–H groups in total. The first-order valence-electron chi connectivity index (χ1n) is 27.7. The van der Waals surface area contributed by atoms with Crippen molar-refractivity contribution in [2.24, 2.45) is 11.8 Å². The molecule has 10 rings (SSSR count). The number of carbonyl (C=O) groups excluding carboxylic acids is 5. The molecule has 16 nitrogen and oxygen atoms in total. The van der Waals surface area contributed by atoms with E-state index in [4.69, 9.17) is 0 Å². The Bertz CT molecular complexity index is 3050. The maximum absolute atomic E-state index is 15.1. The summed E-state index contributed by atoms with van der Waals surface area (Å²) in [5, 5.41) is 14.1. The number of aromatic amines is 1. The van der Waals surface area contributed by atoms with Crippen LogP contribution in [0.1, 0.15) is 94.0 Å². The lowest BCUT2D eigenvalue weighted by molar-refractivity contribution is -0.137. The molecule has 1 aromatic heterocycles. The van der Waals surface area contributed by atoms with Crippen LogP contribution in [0.25, 0.3) is 10.8 Å². The molecule has 5 fully saturated rings. The minimum Gasteiger partial charge on any atom is -0.340 e. The number of H-pyrrole nitrogens is 1. The Labute approximate surface area is 452 Å². The van der Waals surface area contributed by atoms with E-state index < -0.39 is 29.4 Å². The predicted octanol–water partition coefficient (Wildman–Crippen LogP) is 5.17. The van der Waals surface area contributed by atoms with Crippen molar-refractivity contribution in [3.63, 3.8) is 0 Å². The number of benzene rings is 4. The number of hydrogen-bond donors (Lipinski definition) is 3. The molecule has 4 aliphatic heterocycles. The zero-order valence-electron chi connectivity index (χ0n) is 44.1. The van der Waals surface area contributed by atoms with E-state index in [0.717, 1.165) is 89.3 Å². The van der Waals surface area contributed by atoms with Crippen molar-refractivity contribution in [3.8, 4) is 0 Å². The van der Waals surface area contributed by atoms with Crippen molar-refractivity contribution >= 4 is 40.3 Å². The molecule has 5 aliphatic rings. The number of nitrogens with one attached hydrogen (secondary N) is 3. The molecule has 0 radical (unpaired) electrons. The van der Waals surface area contributed by atoms with Gasteiger partial charge in [-0.1, -0.05) is 61.7 Å². The third-order valence-corrected chi connectivity index (χ3v) is 16.7. The van der Waals surface area contributed by atoms with Gasteiger partial charge in [-0.25, -0.2) is 18.3 Å². The number of carbonyl (C=O) groups is 5. The zero-order chi connectivity index (χ0) is 54.3. The van der Waals surface area contributed by atoms with Crippen molar-refractivity contribution in [1.82, 2.24) is 50.2 Å². The number of aromatic nitrogens is 2. The molecular weight excluding hydrogens is 1000 g/mol. The molecule has 5 amide bonds. The van der Waals surface area contributed by atoms with Crippen molar-refractivity contribution in [2.75, 3.05) is 98.2 Å². The van der Waals surface area contributed by atoms with Gasteiger partial charge in [0.1, 0.15) is 23.5 Å². The van der Waals surface area contributed by atoms with Crippen molar-refractivity contribution in [1.29, 1.82) is 0 Å². The van der Waals surface area contributed by atoms with Crippen LogP contribution in [0.5, 0.6) is 0 Å². The van der Waals surface area contributed by atoms with Crippen LogP contribution in [0, 0.1) is 29.3 Å². The minimum absolute atomic E-state index is 0.0173. The summed E-state index contributed by atoms with van der Waals surface area (Å²) in [6.45, 7) is 7.95. The number of fused-ring (bicyclic) bond motifs is 1. The van der Waals surface area contributed by atoms with Crippen molar-refractivity contribution in [2.45, 2.75) is 69.9 Å². The molecule has 0 bridgehead atoms. The van der Waals surface area contributed by atoms with Crippen LogP contribution < -0.4 is 16.2 Å². The van der Waals surface area contributed by atoms with Gasteiger partial charge in [0.15, 0.2) is 0 Å². The maximum Gasteiger partial charge on any atom is 0.272 e. The number of likely N-dealkylation sites (tertiary alicyclic amines) is 2. The Hall–Kier alpha value is -6.96. The van der Waals surface area contributed by atoms with E-state index in [2.05, 4.69) is 30.6 Å². The maximum atomic E-state index is 15.1. The molecule has 19 heteroatoms. The number of rotatable bonds is 16. The molecule has 5 heterocycles.